The number of nitrogens with one attached hydrogen (secondary N) is 1. The summed E-state index contributed by atoms with van der Waals surface area (Å²) >= 11 is 12.2. The Morgan fingerprint density at radius 3 is 2.42 bits per heavy atom. The van der Waals surface area contributed by atoms with E-state index in [1.165, 1.54) is 9.21 Å². The van der Waals surface area contributed by atoms with Crippen LogP contribution in [0.3, 0.4) is 0 Å². The molecule has 0 spiro atoms. The van der Waals surface area contributed by atoms with E-state index in [-0.39, 0.29) is 50.6 Å². The summed E-state index contributed by atoms with van der Waals surface area (Å²) in [6, 6.07) is 9.13. The molecule has 2 amide bonds. The van der Waals surface area contributed by atoms with Gasteiger partial charge in [0.2, 0.25) is 28.6 Å². The predicted molar refractivity (Wildman–Crippen MR) is 148 cm³/mol. The first-order valence-electron chi connectivity index (χ1n) is 12.3. The smallest absolute Gasteiger partial charge is 0.242 e. The molecule has 0 saturated carbocycles. The number of anilines is 1. The van der Waals surface area contributed by atoms with Gasteiger partial charge >= 0.3 is 0 Å². The van der Waals surface area contributed by atoms with E-state index in [1.54, 1.807) is 43.3 Å². The lowest BCUT2D eigenvalue weighted by Gasteiger charge is -2.30. The van der Waals surface area contributed by atoms with Crippen LogP contribution in [0.15, 0.2) is 36.4 Å². The minimum atomic E-state index is -3.64. The van der Waals surface area contributed by atoms with Crippen molar-refractivity contribution in [3.63, 3.8) is 0 Å². The van der Waals surface area contributed by atoms with Crippen LogP contribution >= 0.6 is 23.2 Å². The molecule has 9 nitrogen and oxygen atoms in total. The third-order valence-electron chi connectivity index (χ3n) is 6.30. The maximum Gasteiger partial charge on any atom is 0.242 e. The van der Waals surface area contributed by atoms with E-state index in [0.717, 1.165) is 12.7 Å². The molecule has 0 radical (unpaired) electrons. The Balaban J connectivity index is 1.75. The van der Waals surface area contributed by atoms with Gasteiger partial charge in [-0.3, -0.25) is 13.9 Å². The van der Waals surface area contributed by atoms with E-state index in [1.807, 2.05) is 13.8 Å². The quantitative estimate of drug-likeness (QED) is 0.390. The second-order valence-corrected chi connectivity index (χ2v) is 12.0. The van der Waals surface area contributed by atoms with E-state index in [2.05, 4.69) is 5.32 Å². The van der Waals surface area contributed by atoms with Gasteiger partial charge in [-0.25, -0.2) is 8.42 Å². The first-order chi connectivity index (χ1) is 17.9. The highest BCUT2D eigenvalue weighted by atomic mass is 35.5. The molecule has 2 atom stereocenters. The fraction of sp³-hybridized carbons (Fsp3) is 0.462. The molecule has 0 fully saturated rings. The summed E-state index contributed by atoms with van der Waals surface area (Å²) in [7, 11) is -3.64. The summed E-state index contributed by atoms with van der Waals surface area (Å²) in [6.45, 7) is 5.81. The maximum absolute atomic E-state index is 13.4. The highest BCUT2D eigenvalue weighted by Gasteiger charge is 2.28. The molecule has 0 aromatic heterocycles. The third kappa shape index (κ3) is 7.68. The average Bonchev–Trinajstić information content (AvgIpc) is 3.33. The summed E-state index contributed by atoms with van der Waals surface area (Å²) in [5.74, 6) is 0.439. The number of fused-ring (bicyclic) bond motifs is 1. The van der Waals surface area contributed by atoms with Crippen LogP contribution in [0, 0.1) is 0 Å². The molecular weight excluding hydrogens is 553 g/mol. The van der Waals surface area contributed by atoms with Gasteiger partial charge in [0.05, 0.1) is 22.0 Å². The number of rotatable bonds is 12. The van der Waals surface area contributed by atoms with Crippen LogP contribution in [0.2, 0.25) is 10.0 Å². The van der Waals surface area contributed by atoms with Crippen molar-refractivity contribution in [1.82, 2.24) is 10.2 Å². The number of carbonyl (C=O) groups excluding carboxylic acids is 2. The minimum absolute atomic E-state index is 0.0266. The number of benzene rings is 2. The fourth-order valence-electron chi connectivity index (χ4n) is 3.93. The molecule has 0 aliphatic carbocycles. The standard InChI is InChI=1S/C26H33Cl2N3O6S/c1-5-17(2)29-26(33)18(3)30(15-19-8-10-21(27)22(28)13-19)25(32)7-6-12-31(38(4,34)35)20-9-11-23-24(14-20)37-16-36-23/h8-11,13-14,17-18H,5-7,12,15-16H2,1-4H3,(H,29,33)/t17-,18+/m0/s1. The Morgan fingerprint density at radius 2 is 1.76 bits per heavy atom. The van der Waals surface area contributed by atoms with Crippen LogP contribution in [0.25, 0.3) is 0 Å². The molecule has 38 heavy (non-hydrogen) atoms. The number of sulfonamides is 1. The lowest BCUT2D eigenvalue weighted by molar-refractivity contribution is -0.140. The highest BCUT2D eigenvalue weighted by molar-refractivity contribution is 7.92. The van der Waals surface area contributed by atoms with Gasteiger partial charge in [-0.2, -0.15) is 0 Å². The van der Waals surface area contributed by atoms with Gasteiger partial charge in [-0.1, -0.05) is 36.2 Å². The van der Waals surface area contributed by atoms with Crippen LogP contribution < -0.4 is 19.1 Å². The van der Waals surface area contributed by atoms with Crippen LogP contribution in [0.4, 0.5) is 5.69 Å². The number of hydrogen-bond donors (Lipinski definition) is 1. The van der Waals surface area contributed by atoms with Crippen LogP contribution in [0.5, 0.6) is 11.5 Å². The predicted octanol–water partition coefficient (Wildman–Crippen LogP) is 4.60. The molecule has 0 unspecified atom stereocenters. The van der Waals surface area contributed by atoms with Gasteiger partial charge in [0.15, 0.2) is 11.5 Å². The second-order valence-electron chi connectivity index (χ2n) is 9.24. The summed E-state index contributed by atoms with van der Waals surface area (Å²) in [5, 5.41) is 3.65. The molecule has 1 heterocycles. The molecule has 208 valence electrons. The second kappa shape index (κ2) is 12.9. The van der Waals surface area contributed by atoms with Crippen molar-refractivity contribution in [2.24, 2.45) is 0 Å². The van der Waals surface area contributed by atoms with E-state index in [0.29, 0.717) is 32.8 Å². The van der Waals surface area contributed by atoms with Crippen LogP contribution in [-0.4, -0.2) is 56.8 Å². The van der Waals surface area contributed by atoms with Crippen molar-refractivity contribution in [2.45, 2.75) is 58.7 Å². The van der Waals surface area contributed by atoms with Crippen molar-refractivity contribution in [1.29, 1.82) is 0 Å². The molecule has 0 bridgehead atoms. The summed E-state index contributed by atoms with van der Waals surface area (Å²) in [4.78, 5) is 27.8. The zero-order chi connectivity index (χ0) is 28.0. The molecule has 1 aliphatic heterocycles. The number of carbonyl (C=O) groups is 2. The van der Waals surface area contributed by atoms with Gasteiger partial charge in [0.1, 0.15) is 6.04 Å². The average molecular weight is 587 g/mol. The topological polar surface area (TPSA) is 105 Å². The zero-order valence-corrected chi connectivity index (χ0v) is 24.2. The van der Waals surface area contributed by atoms with E-state index >= 15 is 0 Å². The third-order valence-corrected chi connectivity index (χ3v) is 8.23. The lowest BCUT2D eigenvalue weighted by Crippen LogP contribution is -2.49. The van der Waals surface area contributed by atoms with Gasteiger partial charge in [-0.15, -0.1) is 0 Å². The molecular formula is C26H33Cl2N3O6S. The Hall–Kier alpha value is -2.69. The molecule has 2 aromatic carbocycles. The summed E-state index contributed by atoms with van der Waals surface area (Å²) in [6.07, 6.45) is 2.12. The number of halogens is 2. The Kier molecular flexibility index (Phi) is 10.1. The fourth-order valence-corrected chi connectivity index (χ4v) is 5.21. The number of hydrogen-bond acceptors (Lipinski definition) is 6. The summed E-state index contributed by atoms with van der Waals surface area (Å²) < 4.78 is 37.0. The van der Waals surface area contributed by atoms with Crippen LogP contribution in [-0.2, 0) is 26.2 Å². The minimum Gasteiger partial charge on any atom is -0.454 e. The van der Waals surface area contributed by atoms with Gasteiger partial charge in [0, 0.05) is 31.6 Å². The van der Waals surface area contributed by atoms with Gasteiger partial charge in [-0.05, 0) is 56.5 Å². The van der Waals surface area contributed by atoms with E-state index in [4.69, 9.17) is 32.7 Å². The largest absolute Gasteiger partial charge is 0.454 e. The Labute approximate surface area is 234 Å². The lowest BCUT2D eigenvalue weighted by atomic mass is 10.1. The van der Waals surface area contributed by atoms with Gasteiger partial charge in [0.25, 0.3) is 0 Å². The van der Waals surface area contributed by atoms with Crippen molar-refractivity contribution in [3.8, 4) is 11.5 Å². The van der Waals surface area contributed by atoms with Crippen molar-refractivity contribution in [3.05, 3.63) is 52.0 Å². The summed E-state index contributed by atoms with van der Waals surface area (Å²) in [5.41, 5.74) is 1.13. The normalized spacial score (nSPS) is 14.1. The molecule has 1 aliphatic rings. The van der Waals surface area contributed by atoms with Crippen LogP contribution in [0.1, 0.15) is 45.6 Å². The van der Waals surface area contributed by atoms with Gasteiger partial charge < -0.3 is 19.7 Å². The first-order valence-corrected chi connectivity index (χ1v) is 14.9. The Bertz CT molecular complexity index is 1270. The Morgan fingerprint density at radius 1 is 1.05 bits per heavy atom. The molecule has 0 saturated heterocycles. The molecule has 12 heteroatoms. The number of ether oxygens (including phenoxy) is 2. The van der Waals surface area contributed by atoms with Crippen molar-refractivity contribution in [2.75, 3.05) is 23.9 Å². The molecule has 1 N–H and O–H groups in total. The highest BCUT2D eigenvalue weighted by Crippen LogP contribution is 2.36. The maximum atomic E-state index is 13.4. The van der Waals surface area contributed by atoms with Crippen molar-refractivity contribution < 1.29 is 27.5 Å². The number of amides is 2. The number of nitrogens with zero attached hydrogens (tertiary/aromatic N) is 2. The SMILES string of the molecule is CC[C@H](C)NC(=O)[C@@H](C)N(Cc1ccc(Cl)c(Cl)c1)C(=O)CCCN(c1ccc2c(c1)OCO2)S(C)(=O)=O. The monoisotopic (exact) mass is 585 g/mol. The van der Waals surface area contributed by atoms with Crippen molar-refractivity contribution >= 4 is 50.7 Å². The van der Waals surface area contributed by atoms with E-state index in [9.17, 15) is 18.0 Å². The van der Waals surface area contributed by atoms with E-state index < -0.39 is 16.1 Å². The zero-order valence-electron chi connectivity index (χ0n) is 21.9. The first kappa shape index (κ1) is 29.9. The molecule has 3 rings (SSSR count). The molecule has 2 aromatic rings.